The van der Waals surface area contributed by atoms with Crippen molar-refractivity contribution < 1.29 is 34.1 Å². The number of benzene rings is 4. The van der Waals surface area contributed by atoms with Gasteiger partial charge in [0, 0.05) is 24.0 Å². The molecule has 11 heteroatoms. The van der Waals surface area contributed by atoms with Gasteiger partial charge in [0.1, 0.15) is 29.9 Å². The number of piperidine rings is 1. The number of hydrogen-bond acceptors (Lipinski definition) is 8. The monoisotopic (exact) mass is 737 g/mol. The van der Waals surface area contributed by atoms with Gasteiger partial charge in [-0.05, 0) is 118 Å². The van der Waals surface area contributed by atoms with Gasteiger partial charge in [-0.1, -0.05) is 43.3 Å². The van der Waals surface area contributed by atoms with Crippen LogP contribution in [0.5, 0.6) is 17.2 Å². The highest BCUT2D eigenvalue weighted by Gasteiger charge is 2.45. The van der Waals surface area contributed by atoms with Crippen LogP contribution in [0.15, 0.2) is 89.4 Å². The van der Waals surface area contributed by atoms with E-state index in [0.717, 1.165) is 44.7 Å². The molecule has 0 saturated carbocycles. The molecule has 0 bridgehead atoms. The van der Waals surface area contributed by atoms with Crippen molar-refractivity contribution in [2.75, 3.05) is 20.2 Å². The highest BCUT2D eigenvalue weighted by atomic mass is 79.9. The van der Waals surface area contributed by atoms with Crippen molar-refractivity contribution in [1.82, 2.24) is 15.1 Å². The number of ether oxygens (including phenoxy) is 1. The minimum Gasteiger partial charge on any atom is -0.508 e. The number of likely N-dealkylation sites (N-methyl/N-ethyl adjacent to an activating group) is 1. The van der Waals surface area contributed by atoms with Gasteiger partial charge in [-0.3, -0.25) is 34.3 Å². The lowest BCUT2D eigenvalue weighted by Gasteiger charge is -2.27. The van der Waals surface area contributed by atoms with E-state index in [1.807, 2.05) is 60.5 Å². The molecule has 6 rings (SSSR count). The molecule has 0 spiro atoms. The third-order valence-corrected chi connectivity index (χ3v) is 9.54. The standard InChI is InChI=1S/C39H36BrN3O7/c1-3-30(24-4-10-27(44)11-5-24)35(25-6-12-28(45)13-7-25)26-8-14-29(15-9-26)50-19-18-42(2)22-23-20-31-36(32(40)21-23)39(49)43(38(31)48)33-16-17-34(46)41-37(33)47/h4-15,20-21,33,44-45H,3,16-19,22H2,1-2H3,(H,41,46,47). The maximum Gasteiger partial charge on any atom is 0.263 e. The van der Waals surface area contributed by atoms with E-state index in [4.69, 9.17) is 4.74 Å². The van der Waals surface area contributed by atoms with Crippen molar-refractivity contribution in [3.63, 3.8) is 0 Å². The first kappa shape index (κ1) is 34.6. The number of aromatic hydroxyl groups is 2. The van der Waals surface area contributed by atoms with Gasteiger partial charge in [0.25, 0.3) is 11.8 Å². The normalized spacial score (nSPS) is 16.4. The number of amides is 4. The molecular weight excluding hydrogens is 702 g/mol. The minimum atomic E-state index is -1.02. The average molecular weight is 739 g/mol. The molecule has 2 aliphatic rings. The lowest BCUT2D eigenvalue weighted by molar-refractivity contribution is -0.136. The Morgan fingerprint density at radius 3 is 2.08 bits per heavy atom. The van der Waals surface area contributed by atoms with Crippen LogP contribution < -0.4 is 10.1 Å². The second-order valence-electron chi connectivity index (χ2n) is 12.4. The van der Waals surface area contributed by atoms with Gasteiger partial charge in [0.15, 0.2) is 0 Å². The third kappa shape index (κ3) is 7.19. The summed E-state index contributed by atoms with van der Waals surface area (Å²) in [5.74, 6) is -1.07. The first-order valence-corrected chi connectivity index (χ1v) is 17.1. The molecule has 10 nitrogen and oxygen atoms in total. The summed E-state index contributed by atoms with van der Waals surface area (Å²) in [5.41, 5.74) is 6.30. The van der Waals surface area contributed by atoms with Crippen molar-refractivity contribution in [2.45, 2.75) is 38.8 Å². The number of carbonyl (C=O) groups is 4. The Labute approximate surface area is 298 Å². The Balaban J connectivity index is 1.12. The van der Waals surface area contributed by atoms with E-state index in [9.17, 15) is 29.4 Å². The smallest absolute Gasteiger partial charge is 0.263 e. The number of nitrogens with zero attached hydrogens (tertiary/aromatic N) is 2. The Hall–Kier alpha value is -5.26. The summed E-state index contributed by atoms with van der Waals surface area (Å²) in [7, 11) is 1.93. The molecule has 3 N–H and O–H groups in total. The molecule has 1 saturated heterocycles. The number of hydrogen-bond donors (Lipinski definition) is 3. The SMILES string of the molecule is CCC(=C(c1ccc(O)cc1)c1ccc(OCCN(C)Cc2cc(Br)c3c(c2)C(=O)N(C2CCC(=O)NC2=O)C3=O)cc1)c1ccc(O)cc1. The molecule has 0 aromatic heterocycles. The summed E-state index contributed by atoms with van der Waals surface area (Å²) >= 11 is 3.46. The van der Waals surface area contributed by atoms with Gasteiger partial charge < -0.3 is 14.9 Å². The topological polar surface area (TPSA) is 136 Å². The van der Waals surface area contributed by atoms with Crippen LogP contribution in [0.25, 0.3) is 11.1 Å². The van der Waals surface area contributed by atoms with Gasteiger partial charge in [-0.15, -0.1) is 0 Å². The van der Waals surface area contributed by atoms with E-state index in [1.165, 1.54) is 0 Å². The Kier molecular flexibility index (Phi) is 10.2. The third-order valence-electron chi connectivity index (χ3n) is 8.92. The number of nitrogens with one attached hydrogen (secondary N) is 1. The highest BCUT2D eigenvalue weighted by molar-refractivity contribution is 9.10. The zero-order valence-electron chi connectivity index (χ0n) is 27.6. The summed E-state index contributed by atoms with van der Waals surface area (Å²) in [5, 5.41) is 22.0. The van der Waals surface area contributed by atoms with Gasteiger partial charge in [-0.25, -0.2) is 0 Å². The lowest BCUT2D eigenvalue weighted by atomic mass is 9.88. The van der Waals surface area contributed by atoms with Crippen LogP contribution in [0.2, 0.25) is 0 Å². The molecule has 1 atom stereocenters. The van der Waals surface area contributed by atoms with Crippen LogP contribution in [-0.4, -0.2) is 69.9 Å². The molecule has 2 heterocycles. The molecule has 4 amide bonds. The fourth-order valence-corrected chi connectivity index (χ4v) is 7.13. The van der Waals surface area contributed by atoms with Crippen molar-refractivity contribution >= 4 is 50.7 Å². The van der Waals surface area contributed by atoms with Crippen molar-refractivity contribution in [3.8, 4) is 17.2 Å². The van der Waals surface area contributed by atoms with Crippen molar-refractivity contribution in [3.05, 3.63) is 123 Å². The summed E-state index contributed by atoms with van der Waals surface area (Å²) in [6, 6.07) is 24.6. The second-order valence-corrected chi connectivity index (χ2v) is 13.2. The van der Waals surface area contributed by atoms with E-state index in [2.05, 4.69) is 28.2 Å². The molecule has 0 aliphatic carbocycles. The number of phenols is 2. The van der Waals surface area contributed by atoms with Crippen LogP contribution in [0.1, 0.15) is 69.2 Å². The first-order chi connectivity index (χ1) is 24.0. The number of carbonyl (C=O) groups excluding carboxylic acids is 4. The van der Waals surface area contributed by atoms with E-state index in [0.29, 0.717) is 29.9 Å². The maximum absolute atomic E-state index is 13.3. The fourth-order valence-electron chi connectivity index (χ4n) is 6.45. The largest absolute Gasteiger partial charge is 0.508 e. The van der Waals surface area contributed by atoms with Crippen LogP contribution in [0.3, 0.4) is 0 Å². The average Bonchev–Trinajstić information content (AvgIpc) is 3.34. The Bertz CT molecular complexity index is 1990. The summed E-state index contributed by atoms with van der Waals surface area (Å²) in [4.78, 5) is 53.5. The molecule has 4 aromatic rings. The van der Waals surface area contributed by atoms with E-state index in [1.54, 1.807) is 36.4 Å². The number of fused-ring (bicyclic) bond motifs is 1. The van der Waals surface area contributed by atoms with Gasteiger partial charge >= 0.3 is 0 Å². The summed E-state index contributed by atoms with van der Waals surface area (Å²) < 4.78 is 6.56. The fraction of sp³-hybridized carbons (Fsp3) is 0.231. The number of imide groups is 2. The van der Waals surface area contributed by atoms with Crippen LogP contribution in [0, 0.1) is 0 Å². The molecule has 50 heavy (non-hydrogen) atoms. The summed E-state index contributed by atoms with van der Waals surface area (Å²) in [6.45, 7) is 3.54. The van der Waals surface area contributed by atoms with E-state index in [-0.39, 0.29) is 35.5 Å². The molecule has 1 unspecified atom stereocenters. The number of allylic oxidation sites excluding steroid dienone is 1. The number of rotatable bonds is 11. The summed E-state index contributed by atoms with van der Waals surface area (Å²) in [6.07, 6.45) is 0.906. The minimum absolute atomic E-state index is 0.0614. The van der Waals surface area contributed by atoms with Crippen LogP contribution >= 0.6 is 15.9 Å². The van der Waals surface area contributed by atoms with Crippen molar-refractivity contribution in [2.24, 2.45) is 0 Å². The zero-order valence-corrected chi connectivity index (χ0v) is 29.2. The predicted octanol–water partition coefficient (Wildman–Crippen LogP) is 6.14. The van der Waals surface area contributed by atoms with Crippen LogP contribution in [-0.2, 0) is 16.1 Å². The Morgan fingerprint density at radius 2 is 1.48 bits per heavy atom. The van der Waals surface area contributed by atoms with Gasteiger partial charge in [-0.2, -0.15) is 0 Å². The van der Waals surface area contributed by atoms with E-state index < -0.39 is 29.7 Å². The van der Waals surface area contributed by atoms with E-state index >= 15 is 0 Å². The predicted molar refractivity (Wildman–Crippen MR) is 192 cm³/mol. The van der Waals surface area contributed by atoms with Gasteiger partial charge in [0.2, 0.25) is 11.8 Å². The zero-order chi connectivity index (χ0) is 35.5. The molecule has 0 radical (unpaired) electrons. The lowest BCUT2D eigenvalue weighted by Crippen LogP contribution is -2.54. The van der Waals surface area contributed by atoms with Crippen molar-refractivity contribution in [1.29, 1.82) is 0 Å². The maximum atomic E-state index is 13.3. The Morgan fingerprint density at radius 1 is 0.880 bits per heavy atom. The number of phenolic OH excluding ortho intramolecular Hbond substituents is 2. The molecule has 256 valence electrons. The molecule has 4 aromatic carbocycles. The quantitative estimate of drug-likeness (QED) is 0.123. The first-order valence-electron chi connectivity index (χ1n) is 16.3. The van der Waals surface area contributed by atoms with Gasteiger partial charge in [0.05, 0.1) is 11.1 Å². The molecule has 1 fully saturated rings. The second kappa shape index (κ2) is 14.7. The number of halogens is 1. The molecular formula is C39H36BrN3O7. The molecule has 2 aliphatic heterocycles. The van der Waals surface area contributed by atoms with Crippen LogP contribution in [0.4, 0.5) is 0 Å². The highest BCUT2D eigenvalue weighted by Crippen LogP contribution is 2.37.